The molecule has 0 aliphatic carbocycles. The fourth-order valence-corrected chi connectivity index (χ4v) is 2.89. The van der Waals surface area contributed by atoms with E-state index in [0.717, 1.165) is 19.5 Å². The van der Waals surface area contributed by atoms with Crippen LogP contribution in [0.1, 0.15) is 71.7 Å². The van der Waals surface area contributed by atoms with Crippen LogP contribution in [0.25, 0.3) is 0 Å². The van der Waals surface area contributed by atoms with Crippen LogP contribution in [0.3, 0.4) is 0 Å². The quantitative estimate of drug-likeness (QED) is 0.717. The van der Waals surface area contributed by atoms with Gasteiger partial charge in [0.05, 0.1) is 12.0 Å². The zero-order chi connectivity index (χ0) is 15.8. The van der Waals surface area contributed by atoms with Crippen molar-refractivity contribution < 1.29 is 0 Å². The summed E-state index contributed by atoms with van der Waals surface area (Å²) in [5.74, 6) is 0.612. The second kappa shape index (κ2) is 9.21. The molecule has 1 aromatic rings. The van der Waals surface area contributed by atoms with E-state index in [2.05, 4.69) is 49.1 Å². The summed E-state index contributed by atoms with van der Waals surface area (Å²) in [5, 5.41) is 0. The lowest BCUT2D eigenvalue weighted by molar-refractivity contribution is 0.287. The van der Waals surface area contributed by atoms with Gasteiger partial charge in [-0.25, -0.2) is 4.98 Å². The van der Waals surface area contributed by atoms with Crippen molar-refractivity contribution in [1.29, 1.82) is 0 Å². The van der Waals surface area contributed by atoms with Crippen LogP contribution < -0.4 is 5.73 Å². The van der Waals surface area contributed by atoms with Gasteiger partial charge in [0.1, 0.15) is 0 Å². The van der Waals surface area contributed by atoms with Gasteiger partial charge in [-0.05, 0) is 51.7 Å². The molecule has 2 atom stereocenters. The molecule has 0 saturated carbocycles. The predicted octanol–water partition coefficient (Wildman–Crippen LogP) is 3.61. The number of hydrogen-bond donors (Lipinski definition) is 1. The molecule has 0 saturated heterocycles. The largest absolute Gasteiger partial charge is 0.330 e. The standard InChI is InChI=1S/C17H34N4/c1-6-20(7-2)10-8-9-15(5)21-13-19-12-17(21)16(18)11-14(3)4/h12-16H,6-11,18H2,1-5H3. The third-order valence-corrected chi connectivity index (χ3v) is 4.27. The Balaban J connectivity index is 2.54. The summed E-state index contributed by atoms with van der Waals surface area (Å²) in [7, 11) is 0. The molecule has 0 bridgehead atoms. The molecular weight excluding hydrogens is 260 g/mol. The lowest BCUT2D eigenvalue weighted by Crippen LogP contribution is -2.25. The molecule has 1 rings (SSSR count). The van der Waals surface area contributed by atoms with Crippen LogP contribution in [-0.4, -0.2) is 34.1 Å². The normalized spacial score (nSPS) is 14.9. The van der Waals surface area contributed by atoms with Gasteiger partial charge in [-0.1, -0.05) is 27.7 Å². The molecule has 0 aliphatic heterocycles. The molecule has 4 heteroatoms. The number of aromatic nitrogens is 2. The Labute approximate surface area is 130 Å². The van der Waals surface area contributed by atoms with E-state index in [1.165, 1.54) is 25.1 Å². The highest BCUT2D eigenvalue weighted by atomic mass is 15.1. The Morgan fingerprint density at radius 2 is 1.90 bits per heavy atom. The molecule has 21 heavy (non-hydrogen) atoms. The van der Waals surface area contributed by atoms with Crippen molar-refractivity contribution in [2.24, 2.45) is 11.7 Å². The maximum atomic E-state index is 6.33. The van der Waals surface area contributed by atoms with Gasteiger partial charge in [0.2, 0.25) is 0 Å². The molecular formula is C17H34N4. The fraction of sp³-hybridized carbons (Fsp3) is 0.824. The molecule has 1 heterocycles. The minimum atomic E-state index is 0.0951. The van der Waals surface area contributed by atoms with Crippen molar-refractivity contribution in [2.45, 2.75) is 66.0 Å². The third kappa shape index (κ3) is 5.79. The van der Waals surface area contributed by atoms with Crippen molar-refractivity contribution in [1.82, 2.24) is 14.5 Å². The van der Waals surface area contributed by atoms with Gasteiger partial charge in [0.15, 0.2) is 0 Å². The Morgan fingerprint density at radius 1 is 1.24 bits per heavy atom. The number of hydrogen-bond acceptors (Lipinski definition) is 3. The van der Waals surface area contributed by atoms with E-state index in [0.29, 0.717) is 12.0 Å². The van der Waals surface area contributed by atoms with Crippen molar-refractivity contribution in [2.75, 3.05) is 19.6 Å². The van der Waals surface area contributed by atoms with Gasteiger partial charge in [-0.15, -0.1) is 0 Å². The first-order valence-corrected chi connectivity index (χ1v) is 8.49. The van der Waals surface area contributed by atoms with Gasteiger partial charge < -0.3 is 15.2 Å². The van der Waals surface area contributed by atoms with E-state index in [4.69, 9.17) is 5.73 Å². The number of imidazole rings is 1. The van der Waals surface area contributed by atoms with Crippen molar-refractivity contribution >= 4 is 0 Å². The maximum Gasteiger partial charge on any atom is 0.0951 e. The molecule has 2 N–H and O–H groups in total. The van der Waals surface area contributed by atoms with E-state index in [1.54, 1.807) is 0 Å². The van der Waals surface area contributed by atoms with Gasteiger partial charge in [-0.2, -0.15) is 0 Å². The lowest BCUT2D eigenvalue weighted by Gasteiger charge is -2.23. The first-order chi connectivity index (χ1) is 9.99. The summed E-state index contributed by atoms with van der Waals surface area (Å²) in [5.41, 5.74) is 7.51. The first kappa shape index (κ1) is 18.2. The first-order valence-electron chi connectivity index (χ1n) is 8.49. The summed E-state index contributed by atoms with van der Waals surface area (Å²) in [6.45, 7) is 14.6. The monoisotopic (exact) mass is 294 g/mol. The topological polar surface area (TPSA) is 47.1 Å². The number of rotatable bonds is 10. The molecule has 2 unspecified atom stereocenters. The molecule has 0 aliphatic rings. The summed E-state index contributed by atoms with van der Waals surface area (Å²) in [4.78, 5) is 6.80. The van der Waals surface area contributed by atoms with Crippen LogP contribution in [0.5, 0.6) is 0 Å². The Morgan fingerprint density at radius 3 is 2.48 bits per heavy atom. The van der Waals surface area contributed by atoms with Crippen molar-refractivity contribution in [3.63, 3.8) is 0 Å². The Bertz CT molecular complexity index is 382. The van der Waals surface area contributed by atoms with E-state index in [1.807, 2.05) is 12.5 Å². The summed E-state index contributed by atoms with van der Waals surface area (Å²) < 4.78 is 2.27. The average Bonchev–Trinajstić information content (AvgIpc) is 2.92. The zero-order valence-electron chi connectivity index (χ0n) is 14.5. The van der Waals surface area contributed by atoms with Crippen LogP contribution in [0, 0.1) is 5.92 Å². The minimum Gasteiger partial charge on any atom is -0.330 e. The molecule has 0 aromatic carbocycles. The fourth-order valence-electron chi connectivity index (χ4n) is 2.89. The van der Waals surface area contributed by atoms with E-state index >= 15 is 0 Å². The predicted molar refractivity (Wildman–Crippen MR) is 90.3 cm³/mol. The Kier molecular flexibility index (Phi) is 7.97. The molecule has 0 fully saturated rings. The van der Waals surface area contributed by atoms with E-state index < -0.39 is 0 Å². The van der Waals surface area contributed by atoms with Gasteiger partial charge >= 0.3 is 0 Å². The van der Waals surface area contributed by atoms with Crippen LogP contribution >= 0.6 is 0 Å². The maximum absolute atomic E-state index is 6.33. The van der Waals surface area contributed by atoms with Crippen LogP contribution in [0.4, 0.5) is 0 Å². The van der Waals surface area contributed by atoms with Gasteiger partial charge in [-0.3, -0.25) is 0 Å². The van der Waals surface area contributed by atoms with Crippen LogP contribution in [-0.2, 0) is 0 Å². The van der Waals surface area contributed by atoms with E-state index in [9.17, 15) is 0 Å². The van der Waals surface area contributed by atoms with Crippen molar-refractivity contribution in [3.05, 3.63) is 18.2 Å². The SMILES string of the molecule is CCN(CC)CCCC(C)n1cncc1C(N)CC(C)C. The van der Waals surface area contributed by atoms with E-state index in [-0.39, 0.29) is 6.04 Å². The zero-order valence-corrected chi connectivity index (χ0v) is 14.5. The molecule has 0 spiro atoms. The molecule has 122 valence electrons. The van der Waals surface area contributed by atoms with Crippen molar-refractivity contribution in [3.8, 4) is 0 Å². The average molecular weight is 294 g/mol. The third-order valence-electron chi connectivity index (χ3n) is 4.27. The molecule has 4 nitrogen and oxygen atoms in total. The lowest BCUT2D eigenvalue weighted by atomic mass is 10.0. The Hall–Kier alpha value is -0.870. The number of nitrogens with zero attached hydrogens (tertiary/aromatic N) is 3. The second-order valence-corrected chi connectivity index (χ2v) is 6.48. The summed E-state index contributed by atoms with van der Waals surface area (Å²) in [6.07, 6.45) is 7.29. The van der Waals surface area contributed by atoms with Gasteiger partial charge in [0, 0.05) is 18.3 Å². The molecule has 0 radical (unpaired) electrons. The smallest absolute Gasteiger partial charge is 0.0951 e. The summed E-state index contributed by atoms with van der Waals surface area (Å²) >= 11 is 0. The van der Waals surface area contributed by atoms with Gasteiger partial charge in [0.25, 0.3) is 0 Å². The van der Waals surface area contributed by atoms with Crippen LogP contribution in [0.15, 0.2) is 12.5 Å². The molecule has 0 amide bonds. The second-order valence-electron chi connectivity index (χ2n) is 6.48. The minimum absolute atomic E-state index is 0.0951. The highest BCUT2D eigenvalue weighted by Gasteiger charge is 2.16. The summed E-state index contributed by atoms with van der Waals surface area (Å²) in [6, 6.07) is 0.564. The number of nitrogens with two attached hydrogens (primary N) is 1. The highest BCUT2D eigenvalue weighted by molar-refractivity contribution is 5.06. The molecule has 1 aromatic heterocycles. The highest BCUT2D eigenvalue weighted by Crippen LogP contribution is 2.23. The van der Waals surface area contributed by atoms with Crippen LogP contribution in [0.2, 0.25) is 0 Å².